The highest BCUT2D eigenvalue weighted by atomic mass is 16.5. The Morgan fingerprint density at radius 2 is 2.13 bits per heavy atom. The molecule has 1 aromatic carbocycles. The van der Waals surface area contributed by atoms with Crippen molar-refractivity contribution < 1.29 is 4.74 Å². The lowest BCUT2D eigenvalue weighted by molar-refractivity contribution is 0.223. The minimum Gasteiger partial charge on any atom is -0.489 e. The van der Waals surface area contributed by atoms with Gasteiger partial charge in [-0.1, -0.05) is 25.5 Å². The van der Waals surface area contributed by atoms with Crippen LogP contribution in [-0.4, -0.2) is 19.2 Å². The zero-order valence-corrected chi connectivity index (χ0v) is 9.33. The SMILES string of the molecule is CCCc1ccc(O[C@@H]2CCNC2)cc1. The van der Waals surface area contributed by atoms with E-state index in [1.165, 1.54) is 12.0 Å². The van der Waals surface area contributed by atoms with Crippen molar-refractivity contribution in [1.29, 1.82) is 0 Å². The van der Waals surface area contributed by atoms with Gasteiger partial charge in [-0.3, -0.25) is 0 Å². The van der Waals surface area contributed by atoms with Crippen molar-refractivity contribution >= 4 is 0 Å². The maximum Gasteiger partial charge on any atom is 0.119 e. The molecule has 0 aliphatic carbocycles. The summed E-state index contributed by atoms with van der Waals surface area (Å²) in [6.45, 7) is 4.27. The molecule has 0 unspecified atom stereocenters. The minimum atomic E-state index is 0.363. The number of hydrogen-bond acceptors (Lipinski definition) is 2. The fraction of sp³-hybridized carbons (Fsp3) is 0.538. The second-order valence-corrected chi connectivity index (χ2v) is 4.13. The largest absolute Gasteiger partial charge is 0.489 e. The van der Waals surface area contributed by atoms with Crippen molar-refractivity contribution in [3.8, 4) is 5.75 Å². The lowest BCUT2D eigenvalue weighted by atomic mass is 10.1. The quantitative estimate of drug-likeness (QED) is 0.815. The average molecular weight is 205 g/mol. The predicted molar refractivity (Wildman–Crippen MR) is 62.3 cm³/mol. The first kappa shape index (κ1) is 10.5. The molecule has 1 aliphatic heterocycles. The molecule has 1 atom stereocenters. The second-order valence-electron chi connectivity index (χ2n) is 4.13. The summed E-state index contributed by atoms with van der Waals surface area (Å²) >= 11 is 0. The molecule has 1 saturated heterocycles. The summed E-state index contributed by atoms with van der Waals surface area (Å²) in [7, 11) is 0. The van der Waals surface area contributed by atoms with Gasteiger partial charge >= 0.3 is 0 Å². The van der Waals surface area contributed by atoms with E-state index in [2.05, 4.69) is 36.5 Å². The van der Waals surface area contributed by atoms with Gasteiger partial charge < -0.3 is 10.1 Å². The van der Waals surface area contributed by atoms with E-state index in [1.54, 1.807) is 0 Å². The van der Waals surface area contributed by atoms with E-state index in [9.17, 15) is 0 Å². The van der Waals surface area contributed by atoms with Crippen LogP contribution in [0.5, 0.6) is 5.75 Å². The molecule has 1 aromatic rings. The summed E-state index contributed by atoms with van der Waals surface area (Å²) in [6, 6.07) is 8.51. The lowest BCUT2D eigenvalue weighted by Crippen LogP contribution is -2.19. The number of rotatable bonds is 4. The predicted octanol–water partition coefficient (Wildman–Crippen LogP) is 2.38. The van der Waals surface area contributed by atoms with Gasteiger partial charge in [0.15, 0.2) is 0 Å². The zero-order valence-electron chi connectivity index (χ0n) is 9.33. The molecule has 1 heterocycles. The maximum atomic E-state index is 5.85. The van der Waals surface area contributed by atoms with Crippen LogP contribution in [0.3, 0.4) is 0 Å². The lowest BCUT2D eigenvalue weighted by Gasteiger charge is -2.12. The average Bonchev–Trinajstić information content (AvgIpc) is 2.74. The number of ether oxygens (including phenoxy) is 1. The van der Waals surface area contributed by atoms with Crippen LogP contribution in [0.2, 0.25) is 0 Å². The Labute approximate surface area is 91.6 Å². The van der Waals surface area contributed by atoms with E-state index < -0.39 is 0 Å². The molecule has 1 N–H and O–H groups in total. The molecule has 2 heteroatoms. The zero-order chi connectivity index (χ0) is 10.5. The van der Waals surface area contributed by atoms with Crippen molar-refractivity contribution in [2.24, 2.45) is 0 Å². The third-order valence-electron chi connectivity index (χ3n) is 2.78. The molecule has 1 fully saturated rings. The van der Waals surface area contributed by atoms with Gasteiger partial charge in [0, 0.05) is 6.54 Å². The molecule has 2 rings (SSSR count). The Balaban J connectivity index is 1.91. The number of hydrogen-bond donors (Lipinski definition) is 1. The van der Waals surface area contributed by atoms with Crippen molar-refractivity contribution in [3.63, 3.8) is 0 Å². The normalized spacial score (nSPS) is 20.5. The first-order valence-corrected chi connectivity index (χ1v) is 5.85. The summed E-state index contributed by atoms with van der Waals surface area (Å²) in [5.41, 5.74) is 1.40. The third kappa shape index (κ3) is 2.96. The van der Waals surface area contributed by atoms with Gasteiger partial charge in [-0.05, 0) is 37.1 Å². The molecule has 0 radical (unpaired) electrons. The minimum absolute atomic E-state index is 0.363. The van der Waals surface area contributed by atoms with Crippen LogP contribution in [0.1, 0.15) is 25.3 Å². The van der Waals surface area contributed by atoms with Crippen molar-refractivity contribution in [1.82, 2.24) is 5.32 Å². The molecular formula is C13H19NO. The monoisotopic (exact) mass is 205 g/mol. The molecule has 0 saturated carbocycles. The van der Waals surface area contributed by atoms with Gasteiger partial charge in [0.25, 0.3) is 0 Å². The smallest absolute Gasteiger partial charge is 0.119 e. The molecule has 15 heavy (non-hydrogen) atoms. The molecule has 82 valence electrons. The van der Waals surface area contributed by atoms with Gasteiger partial charge in [0.05, 0.1) is 0 Å². The van der Waals surface area contributed by atoms with Crippen LogP contribution in [-0.2, 0) is 6.42 Å². The Morgan fingerprint density at radius 1 is 1.33 bits per heavy atom. The Morgan fingerprint density at radius 3 is 2.73 bits per heavy atom. The first-order chi connectivity index (χ1) is 7.38. The highest BCUT2D eigenvalue weighted by molar-refractivity contribution is 5.27. The standard InChI is InChI=1S/C13H19NO/c1-2-3-11-4-6-12(7-5-11)15-13-8-9-14-10-13/h4-7,13-14H,2-3,8-10H2,1H3/t13-/m1/s1. The fourth-order valence-electron chi connectivity index (χ4n) is 1.94. The van der Waals surface area contributed by atoms with E-state index in [1.807, 2.05) is 0 Å². The molecule has 0 aromatic heterocycles. The molecular weight excluding hydrogens is 186 g/mol. The second kappa shape index (κ2) is 5.17. The van der Waals surface area contributed by atoms with Gasteiger partial charge in [-0.15, -0.1) is 0 Å². The van der Waals surface area contributed by atoms with Crippen molar-refractivity contribution in [2.75, 3.05) is 13.1 Å². The van der Waals surface area contributed by atoms with E-state index in [-0.39, 0.29) is 0 Å². The summed E-state index contributed by atoms with van der Waals surface area (Å²) in [5, 5.41) is 3.30. The fourth-order valence-corrected chi connectivity index (χ4v) is 1.94. The first-order valence-electron chi connectivity index (χ1n) is 5.85. The van der Waals surface area contributed by atoms with E-state index in [0.717, 1.165) is 31.7 Å². The summed E-state index contributed by atoms with van der Waals surface area (Å²) in [6.07, 6.45) is 3.84. The summed E-state index contributed by atoms with van der Waals surface area (Å²) in [5.74, 6) is 1.00. The van der Waals surface area contributed by atoms with Crippen LogP contribution in [0.15, 0.2) is 24.3 Å². The third-order valence-corrected chi connectivity index (χ3v) is 2.78. The van der Waals surface area contributed by atoms with Crippen LogP contribution >= 0.6 is 0 Å². The summed E-state index contributed by atoms with van der Waals surface area (Å²) in [4.78, 5) is 0. The van der Waals surface area contributed by atoms with Crippen LogP contribution in [0, 0.1) is 0 Å². The Hall–Kier alpha value is -1.02. The summed E-state index contributed by atoms with van der Waals surface area (Å²) < 4.78 is 5.85. The van der Waals surface area contributed by atoms with E-state index in [4.69, 9.17) is 4.74 Å². The van der Waals surface area contributed by atoms with Gasteiger partial charge in [-0.25, -0.2) is 0 Å². The van der Waals surface area contributed by atoms with Gasteiger partial charge in [0.2, 0.25) is 0 Å². The van der Waals surface area contributed by atoms with Gasteiger partial charge in [-0.2, -0.15) is 0 Å². The van der Waals surface area contributed by atoms with Crippen molar-refractivity contribution in [2.45, 2.75) is 32.3 Å². The van der Waals surface area contributed by atoms with E-state index >= 15 is 0 Å². The molecule has 1 aliphatic rings. The highest BCUT2D eigenvalue weighted by Crippen LogP contribution is 2.16. The molecule has 0 spiro atoms. The molecule has 0 bridgehead atoms. The van der Waals surface area contributed by atoms with Crippen LogP contribution in [0.25, 0.3) is 0 Å². The van der Waals surface area contributed by atoms with Crippen molar-refractivity contribution in [3.05, 3.63) is 29.8 Å². The van der Waals surface area contributed by atoms with Gasteiger partial charge in [0.1, 0.15) is 11.9 Å². The molecule has 2 nitrogen and oxygen atoms in total. The number of aryl methyl sites for hydroxylation is 1. The topological polar surface area (TPSA) is 21.3 Å². The number of nitrogens with one attached hydrogen (secondary N) is 1. The number of benzene rings is 1. The van der Waals surface area contributed by atoms with Crippen LogP contribution < -0.4 is 10.1 Å². The van der Waals surface area contributed by atoms with E-state index in [0.29, 0.717) is 6.10 Å². The molecule has 0 amide bonds. The maximum absolute atomic E-state index is 5.85. The van der Waals surface area contributed by atoms with Crippen LogP contribution in [0.4, 0.5) is 0 Å². The Bertz CT molecular complexity index is 288. The highest BCUT2D eigenvalue weighted by Gasteiger charge is 2.15. The Kier molecular flexibility index (Phi) is 3.62.